The highest BCUT2D eigenvalue weighted by Crippen LogP contribution is 2.25. The highest BCUT2D eigenvalue weighted by molar-refractivity contribution is 7.22. The summed E-state index contributed by atoms with van der Waals surface area (Å²) in [5, 5.41) is 5.13. The molecule has 24 heavy (non-hydrogen) atoms. The molecule has 1 saturated heterocycles. The number of piperidine rings is 1. The molecule has 0 unspecified atom stereocenters. The van der Waals surface area contributed by atoms with Crippen LogP contribution in [0.1, 0.15) is 24.8 Å². The van der Waals surface area contributed by atoms with Gasteiger partial charge in [0.2, 0.25) is 5.13 Å². The number of hydrazone groups is 1. The Morgan fingerprint density at radius 2 is 1.79 bits per heavy atom. The van der Waals surface area contributed by atoms with Crippen LogP contribution < -0.4 is 10.3 Å². The van der Waals surface area contributed by atoms with E-state index in [2.05, 4.69) is 50.7 Å². The van der Waals surface area contributed by atoms with Crippen molar-refractivity contribution in [1.29, 1.82) is 0 Å². The molecule has 0 atom stereocenters. The van der Waals surface area contributed by atoms with Crippen molar-refractivity contribution in [2.75, 3.05) is 23.4 Å². The van der Waals surface area contributed by atoms with Crippen molar-refractivity contribution in [2.24, 2.45) is 5.10 Å². The molecular weight excluding hydrogens is 316 g/mol. The van der Waals surface area contributed by atoms with Crippen molar-refractivity contribution in [3.8, 4) is 0 Å². The summed E-state index contributed by atoms with van der Waals surface area (Å²) in [5.41, 5.74) is 6.43. The van der Waals surface area contributed by atoms with Crippen molar-refractivity contribution in [2.45, 2.75) is 19.3 Å². The molecule has 0 saturated carbocycles. The molecule has 3 aromatic rings. The summed E-state index contributed by atoms with van der Waals surface area (Å²) in [6.07, 6.45) is 5.80. The number of fused-ring (bicyclic) bond motifs is 1. The van der Waals surface area contributed by atoms with Crippen LogP contribution in [0.4, 0.5) is 10.8 Å². The normalized spacial score (nSPS) is 15.2. The molecule has 1 N–H and O–H groups in total. The van der Waals surface area contributed by atoms with Crippen LogP contribution in [0.2, 0.25) is 0 Å². The van der Waals surface area contributed by atoms with Crippen LogP contribution in [0.3, 0.4) is 0 Å². The maximum absolute atomic E-state index is 4.51. The first kappa shape index (κ1) is 15.1. The minimum atomic E-state index is 0.817. The van der Waals surface area contributed by atoms with Gasteiger partial charge in [-0.25, -0.2) is 4.98 Å². The van der Waals surface area contributed by atoms with Gasteiger partial charge in [-0.1, -0.05) is 35.6 Å². The van der Waals surface area contributed by atoms with E-state index in [9.17, 15) is 0 Å². The van der Waals surface area contributed by atoms with Gasteiger partial charge in [-0.2, -0.15) is 5.10 Å². The van der Waals surface area contributed by atoms with Crippen LogP contribution in [0.25, 0.3) is 10.2 Å². The van der Waals surface area contributed by atoms with Crippen LogP contribution in [-0.2, 0) is 0 Å². The quantitative estimate of drug-likeness (QED) is 0.553. The molecule has 122 valence electrons. The van der Waals surface area contributed by atoms with Crippen LogP contribution in [-0.4, -0.2) is 24.3 Å². The van der Waals surface area contributed by atoms with E-state index in [-0.39, 0.29) is 0 Å². The van der Waals surface area contributed by atoms with Gasteiger partial charge in [0.05, 0.1) is 16.4 Å². The molecule has 1 aliphatic rings. The zero-order valence-corrected chi connectivity index (χ0v) is 14.3. The van der Waals surface area contributed by atoms with E-state index in [4.69, 9.17) is 0 Å². The fourth-order valence-corrected chi connectivity index (χ4v) is 3.82. The standard InChI is InChI=1S/C19H20N4S/c1-4-12-23(13-5-1)16-10-8-15(9-11-16)14-20-22-19-21-17-6-2-3-7-18(17)24-19/h2-3,6-11,14H,1,4-5,12-13H2,(H,21,22)/b20-14-. The van der Waals surface area contributed by atoms with Gasteiger partial charge < -0.3 is 4.90 Å². The Bertz CT molecular complexity index is 799. The molecule has 0 spiro atoms. The fourth-order valence-electron chi connectivity index (χ4n) is 3.01. The number of thiazole rings is 1. The average molecular weight is 336 g/mol. The molecule has 0 amide bonds. The molecule has 1 aliphatic heterocycles. The summed E-state index contributed by atoms with van der Waals surface area (Å²) in [4.78, 5) is 6.97. The van der Waals surface area contributed by atoms with Gasteiger partial charge in [-0.05, 0) is 49.1 Å². The topological polar surface area (TPSA) is 40.5 Å². The molecule has 1 fully saturated rings. The molecule has 0 radical (unpaired) electrons. The zero-order valence-electron chi connectivity index (χ0n) is 13.5. The Labute approximate surface area is 145 Å². The van der Waals surface area contributed by atoms with Gasteiger partial charge in [-0.15, -0.1) is 0 Å². The maximum Gasteiger partial charge on any atom is 0.204 e. The van der Waals surface area contributed by atoms with Crippen LogP contribution in [0, 0.1) is 0 Å². The first-order chi connectivity index (χ1) is 11.9. The second-order valence-electron chi connectivity index (χ2n) is 6.00. The van der Waals surface area contributed by atoms with Gasteiger partial charge in [0, 0.05) is 18.8 Å². The molecule has 2 aromatic carbocycles. The smallest absolute Gasteiger partial charge is 0.204 e. The summed E-state index contributed by atoms with van der Waals surface area (Å²) in [5.74, 6) is 0. The fraction of sp³-hybridized carbons (Fsp3) is 0.263. The number of benzene rings is 2. The Balaban J connectivity index is 1.40. The summed E-state index contributed by atoms with van der Waals surface area (Å²) in [7, 11) is 0. The number of anilines is 2. The number of hydrogen-bond acceptors (Lipinski definition) is 5. The monoisotopic (exact) mass is 336 g/mol. The molecule has 0 bridgehead atoms. The molecule has 1 aromatic heterocycles. The highest BCUT2D eigenvalue weighted by atomic mass is 32.1. The van der Waals surface area contributed by atoms with E-state index >= 15 is 0 Å². The summed E-state index contributed by atoms with van der Waals surface area (Å²) in [6, 6.07) is 16.7. The zero-order chi connectivity index (χ0) is 16.2. The minimum absolute atomic E-state index is 0.817. The van der Waals surface area contributed by atoms with Gasteiger partial charge in [0.1, 0.15) is 0 Å². The number of para-hydroxylation sites is 1. The Kier molecular flexibility index (Phi) is 4.42. The molecule has 5 heteroatoms. The lowest BCUT2D eigenvalue weighted by atomic mass is 10.1. The first-order valence-corrected chi connectivity index (χ1v) is 9.20. The van der Waals surface area contributed by atoms with E-state index < -0.39 is 0 Å². The van der Waals surface area contributed by atoms with Gasteiger partial charge in [0.25, 0.3) is 0 Å². The Morgan fingerprint density at radius 1 is 1.00 bits per heavy atom. The SMILES string of the molecule is C(=N/Nc1nc2ccccc2s1)/c1ccc(N2CCCCC2)cc1. The van der Waals surface area contributed by atoms with Crippen molar-refractivity contribution in [3.63, 3.8) is 0 Å². The number of aromatic nitrogens is 1. The molecule has 4 rings (SSSR count). The van der Waals surface area contributed by atoms with Crippen molar-refractivity contribution in [1.82, 2.24) is 4.98 Å². The van der Waals surface area contributed by atoms with Crippen LogP contribution in [0.15, 0.2) is 53.6 Å². The highest BCUT2D eigenvalue weighted by Gasteiger charge is 2.10. The van der Waals surface area contributed by atoms with Crippen LogP contribution in [0.5, 0.6) is 0 Å². The lowest BCUT2D eigenvalue weighted by Gasteiger charge is -2.28. The predicted molar refractivity (Wildman–Crippen MR) is 103 cm³/mol. The third kappa shape index (κ3) is 3.41. The van der Waals surface area contributed by atoms with E-state index in [1.807, 2.05) is 24.4 Å². The number of nitrogens with one attached hydrogen (secondary N) is 1. The molecule has 4 nitrogen and oxygen atoms in total. The second-order valence-corrected chi connectivity index (χ2v) is 7.03. The number of rotatable bonds is 4. The molecule has 0 aliphatic carbocycles. The van der Waals surface area contributed by atoms with E-state index in [0.29, 0.717) is 0 Å². The summed E-state index contributed by atoms with van der Waals surface area (Å²) >= 11 is 1.61. The number of nitrogens with zero attached hydrogens (tertiary/aromatic N) is 3. The Hall–Kier alpha value is -2.40. The van der Waals surface area contributed by atoms with E-state index in [1.165, 1.54) is 42.7 Å². The molecule has 2 heterocycles. The number of hydrogen-bond donors (Lipinski definition) is 1. The van der Waals surface area contributed by atoms with Crippen molar-refractivity contribution in [3.05, 3.63) is 54.1 Å². The van der Waals surface area contributed by atoms with Gasteiger partial charge >= 0.3 is 0 Å². The van der Waals surface area contributed by atoms with Crippen molar-refractivity contribution >= 4 is 38.6 Å². The Morgan fingerprint density at radius 3 is 2.58 bits per heavy atom. The third-order valence-corrected chi connectivity index (χ3v) is 5.22. The van der Waals surface area contributed by atoms with Crippen molar-refractivity contribution < 1.29 is 0 Å². The average Bonchev–Trinajstić information content (AvgIpc) is 3.06. The lowest BCUT2D eigenvalue weighted by molar-refractivity contribution is 0.578. The predicted octanol–water partition coefficient (Wildman–Crippen LogP) is 4.73. The third-order valence-electron chi connectivity index (χ3n) is 4.28. The van der Waals surface area contributed by atoms with E-state index in [1.54, 1.807) is 11.3 Å². The largest absolute Gasteiger partial charge is 0.372 e. The first-order valence-electron chi connectivity index (χ1n) is 8.38. The second kappa shape index (κ2) is 7.01. The van der Waals surface area contributed by atoms with Gasteiger partial charge in [0.15, 0.2) is 0 Å². The summed E-state index contributed by atoms with van der Waals surface area (Å²) in [6.45, 7) is 2.35. The van der Waals surface area contributed by atoms with Gasteiger partial charge in [-0.3, -0.25) is 5.43 Å². The van der Waals surface area contributed by atoms with Crippen LogP contribution >= 0.6 is 11.3 Å². The minimum Gasteiger partial charge on any atom is -0.372 e. The lowest BCUT2D eigenvalue weighted by Crippen LogP contribution is -2.29. The summed E-state index contributed by atoms with van der Waals surface area (Å²) < 4.78 is 1.17. The molecular formula is C19H20N4S. The maximum atomic E-state index is 4.51. The van der Waals surface area contributed by atoms with E-state index in [0.717, 1.165) is 16.2 Å².